The van der Waals surface area contributed by atoms with Gasteiger partial charge in [0.1, 0.15) is 13.0 Å². The first-order valence-corrected chi connectivity index (χ1v) is 5.72. The van der Waals surface area contributed by atoms with Crippen LogP contribution in [-0.4, -0.2) is 68.3 Å². The standard InChI is InChI=1S/C9H19ClN2O3/c10-7-9(13)12-3-6-14-4-1-11-2-5-15-8-12/h9,11,13H,1-8H2. The van der Waals surface area contributed by atoms with Gasteiger partial charge in [-0.2, -0.15) is 0 Å². The van der Waals surface area contributed by atoms with Crippen molar-refractivity contribution < 1.29 is 14.6 Å². The summed E-state index contributed by atoms with van der Waals surface area (Å²) in [5, 5.41) is 12.8. The summed E-state index contributed by atoms with van der Waals surface area (Å²) in [6, 6.07) is 0. The zero-order chi connectivity index (χ0) is 10.9. The third kappa shape index (κ3) is 5.65. The molecule has 0 aromatic heterocycles. The summed E-state index contributed by atoms with van der Waals surface area (Å²) in [5.74, 6) is 0.182. The molecule has 0 aromatic rings. The van der Waals surface area contributed by atoms with Gasteiger partial charge in [0.15, 0.2) is 0 Å². The summed E-state index contributed by atoms with van der Waals surface area (Å²) >= 11 is 5.58. The largest absolute Gasteiger partial charge is 0.379 e. The molecule has 0 amide bonds. The third-order valence-electron chi connectivity index (χ3n) is 2.19. The minimum Gasteiger partial charge on any atom is -0.379 e. The van der Waals surface area contributed by atoms with Crippen LogP contribution in [0.4, 0.5) is 0 Å². The van der Waals surface area contributed by atoms with Gasteiger partial charge in [-0.1, -0.05) is 0 Å². The Morgan fingerprint density at radius 1 is 1.27 bits per heavy atom. The van der Waals surface area contributed by atoms with Crippen molar-refractivity contribution in [1.82, 2.24) is 10.2 Å². The molecule has 1 rings (SSSR count). The fourth-order valence-electron chi connectivity index (χ4n) is 1.28. The van der Waals surface area contributed by atoms with E-state index in [0.717, 1.165) is 13.1 Å². The smallest absolute Gasteiger partial charge is 0.122 e. The average molecular weight is 239 g/mol. The maximum absolute atomic E-state index is 9.57. The van der Waals surface area contributed by atoms with E-state index in [1.807, 2.05) is 0 Å². The average Bonchev–Trinajstić information content (AvgIpc) is 2.32. The van der Waals surface area contributed by atoms with Crippen LogP contribution in [0.5, 0.6) is 0 Å². The molecule has 0 radical (unpaired) electrons. The molecular formula is C9H19ClN2O3. The maximum atomic E-state index is 9.57. The number of halogens is 1. The number of hydrogen-bond donors (Lipinski definition) is 2. The highest BCUT2D eigenvalue weighted by Gasteiger charge is 2.14. The van der Waals surface area contributed by atoms with Gasteiger partial charge in [-0.05, 0) is 0 Å². The molecule has 1 fully saturated rings. The van der Waals surface area contributed by atoms with E-state index in [0.29, 0.717) is 33.1 Å². The molecule has 90 valence electrons. The van der Waals surface area contributed by atoms with Gasteiger partial charge in [-0.3, -0.25) is 4.90 Å². The Labute approximate surface area is 95.3 Å². The van der Waals surface area contributed by atoms with Crippen LogP contribution in [0.3, 0.4) is 0 Å². The highest BCUT2D eigenvalue weighted by atomic mass is 35.5. The van der Waals surface area contributed by atoms with Gasteiger partial charge in [-0.15, -0.1) is 11.6 Å². The summed E-state index contributed by atoms with van der Waals surface area (Å²) < 4.78 is 10.8. The molecule has 1 heterocycles. The summed E-state index contributed by atoms with van der Waals surface area (Å²) in [5.41, 5.74) is 0. The van der Waals surface area contributed by atoms with Crippen LogP contribution in [0, 0.1) is 0 Å². The van der Waals surface area contributed by atoms with Crippen LogP contribution in [0.25, 0.3) is 0 Å². The van der Waals surface area contributed by atoms with Crippen molar-refractivity contribution in [2.45, 2.75) is 6.23 Å². The molecule has 0 aromatic carbocycles. The molecule has 0 spiro atoms. The molecule has 1 saturated heterocycles. The summed E-state index contributed by atoms with van der Waals surface area (Å²) in [4.78, 5) is 1.76. The van der Waals surface area contributed by atoms with Gasteiger partial charge in [0.05, 0.1) is 25.7 Å². The second kappa shape index (κ2) is 8.27. The van der Waals surface area contributed by atoms with Gasteiger partial charge >= 0.3 is 0 Å². The van der Waals surface area contributed by atoms with Gasteiger partial charge < -0.3 is 19.9 Å². The zero-order valence-electron chi connectivity index (χ0n) is 8.82. The van der Waals surface area contributed by atoms with Crippen molar-refractivity contribution in [2.24, 2.45) is 0 Å². The second-order valence-corrected chi connectivity index (χ2v) is 3.66. The molecule has 1 aliphatic heterocycles. The Morgan fingerprint density at radius 3 is 2.73 bits per heavy atom. The lowest BCUT2D eigenvalue weighted by Crippen LogP contribution is -2.40. The normalized spacial score (nSPS) is 24.4. The van der Waals surface area contributed by atoms with E-state index in [2.05, 4.69) is 5.32 Å². The van der Waals surface area contributed by atoms with Crippen molar-refractivity contribution in [3.05, 3.63) is 0 Å². The lowest BCUT2D eigenvalue weighted by Gasteiger charge is -2.25. The number of nitrogens with zero attached hydrogens (tertiary/aromatic N) is 1. The number of alkyl halides is 1. The number of nitrogens with one attached hydrogen (secondary N) is 1. The van der Waals surface area contributed by atoms with E-state index < -0.39 is 6.23 Å². The number of hydrogen-bond acceptors (Lipinski definition) is 5. The van der Waals surface area contributed by atoms with Crippen LogP contribution in [0.15, 0.2) is 0 Å². The molecule has 0 saturated carbocycles. The van der Waals surface area contributed by atoms with Crippen LogP contribution in [-0.2, 0) is 9.47 Å². The quantitative estimate of drug-likeness (QED) is 0.632. The minimum atomic E-state index is -0.663. The van der Waals surface area contributed by atoms with Gasteiger partial charge in [0.2, 0.25) is 0 Å². The van der Waals surface area contributed by atoms with Crippen molar-refractivity contribution in [3.8, 4) is 0 Å². The molecule has 0 bridgehead atoms. The van der Waals surface area contributed by atoms with Crippen LogP contribution in [0.2, 0.25) is 0 Å². The zero-order valence-corrected chi connectivity index (χ0v) is 9.58. The highest BCUT2D eigenvalue weighted by Crippen LogP contribution is 1.99. The molecule has 1 aliphatic rings. The Bertz CT molecular complexity index is 150. The van der Waals surface area contributed by atoms with E-state index in [-0.39, 0.29) is 5.88 Å². The van der Waals surface area contributed by atoms with Crippen molar-refractivity contribution in [2.75, 3.05) is 52.1 Å². The van der Waals surface area contributed by atoms with E-state index in [1.54, 1.807) is 4.90 Å². The predicted octanol–water partition coefficient (Wildman–Crippen LogP) is -0.560. The number of rotatable bonds is 2. The Hall–Kier alpha value is 0.0900. The van der Waals surface area contributed by atoms with Crippen molar-refractivity contribution >= 4 is 11.6 Å². The van der Waals surface area contributed by atoms with Crippen molar-refractivity contribution in [3.63, 3.8) is 0 Å². The molecule has 0 aliphatic carbocycles. The summed E-state index contributed by atoms with van der Waals surface area (Å²) in [6.07, 6.45) is -0.663. The molecule has 2 N–H and O–H groups in total. The first-order valence-electron chi connectivity index (χ1n) is 5.19. The molecule has 1 unspecified atom stereocenters. The maximum Gasteiger partial charge on any atom is 0.122 e. The number of aliphatic hydroxyl groups excluding tert-OH is 1. The number of aliphatic hydroxyl groups is 1. The monoisotopic (exact) mass is 238 g/mol. The van der Waals surface area contributed by atoms with E-state index in [1.165, 1.54) is 0 Å². The van der Waals surface area contributed by atoms with Gasteiger partial charge in [-0.25, -0.2) is 0 Å². The molecule has 5 nitrogen and oxygen atoms in total. The third-order valence-corrected chi connectivity index (χ3v) is 2.46. The molecule has 1 atom stereocenters. The first-order chi connectivity index (χ1) is 7.34. The fourth-order valence-corrected chi connectivity index (χ4v) is 1.47. The van der Waals surface area contributed by atoms with E-state index >= 15 is 0 Å². The molecule has 6 heteroatoms. The van der Waals surface area contributed by atoms with Gasteiger partial charge in [0.25, 0.3) is 0 Å². The lowest BCUT2D eigenvalue weighted by molar-refractivity contribution is -0.0682. The molecular weight excluding hydrogens is 220 g/mol. The second-order valence-electron chi connectivity index (χ2n) is 3.35. The minimum absolute atomic E-state index is 0.182. The Balaban J connectivity index is 2.31. The topological polar surface area (TPSA) is 54.0 Å². The Morgan fingerprint density at radius 2 is 2.00 bits per heavy atom. The lowest BCUT2D eigenvalue weighted by atomic mass is 10.5. The Kier molecular flexibility index (Phi) is 7.25. The predicted molar refractivity (Wildman–Crippen MR) is 57.9 cm³/mol. The summed E-state index contributed by atoms with van der Waals surface area (Å²) in [7, 11) is 0. The van der Waals surface area contributed by atoms with Crippen LogP contribution < -0.4 is 5.32 Å². The molecule has 15 heavy (non-hydrogen) atoms. The SMILES string of the molecule is OC(CCl)N1CCOCCNCCOC1. The van der Waals surface area contributed by atoms with E-state index in [4.69, 9.17) is 21.1 Å². The van der Waals surface area contributed by atoms with Gasteiger partial charge in [0, 0.05) is 19.6 Å². The number of ether oxygens (including phenoxy) is 2. The van der Waals surface area contributed by atoms with Crippen LogP contribution in [0.1, 0.15) is 0 Å². The summed E-state index contributed by atoms with van der Waals surface area (Å²) in [6.45, 7) is 4.55. The highest BCUT2D eigenvalue weighted by molar-refractivity contribution is 6.18. The fraction of sp³-hybridized carbons (Fsp3) is 1.00. The first kappa shape index (κ1) is 13.2. The van der Waals surface area contributed by atoms with Crippen molar-refractivity contribution in [1.29, 1.82) is 0 Å². The van der Waals surface area contributed by atoms with E-state index in [9.17, 15) is 5.11 Å². The van der Waals surface area contributed by atoms with Crippen LogP contribution >= 0.6 is 11.6 Å².